The fourth-order valence-electron chi connectivity index (χ4n) is 2.20. The van der Waals surface area contributed by atoms with E-state index in [-0.39, 0.29) is 11.6 Å². The van der Waals surface area contributed by atoms with E-state index in [0.717, 1.165) is 16.7 Å². The monoisotopic (exact) mass is 323 g/mol. The van der Waals surface area contributed by atoms with Crippen molar-refractivity contribution in [1.29, 1.82) is 0 Å². The van der Waals surface area contributed by atoms with Gasteiger partial charge in [0.25, 0.3) is 0 Å². The second-order valence-corrected chi connectivity index (χ2v) is 5.41. The number of hydrogen-bond acceptors (Lipinski definition) is 3. The Balaban J connectivity index is 1.81. The Bertz CT molecular complexity index is 886. The second-order valence-electron chi connectivity index (χ2n) is 5.41. The predicted molar refractivity (Wildman–Crippen MR) is 92.4 cm³/mol. The molecule has 0 aliphatic rings. The van der Waals surface area contributed by atoms with Gasteiger partial charge in [0, 0.05) is 12.3 Å². The fourth-order valence-corrected chi connectivity index (χ4v) is 2.20. The van der Waals surface area contributed by atoms with Crippen molar-refractivity contribution in [3.05, 3.63) is 77.4 Å². The van der Waals surface area contributed by atoms with Crippen LogP contribution >= 0.6 is 0 Å². The van der Waals surface area contributed by atoms with E-state index in [4.69, 9.17) is 5.73 Å². The summed E-state index contributed by atoms with van der Waals surface area (Å²) in [6, 6.07) is 16.5. The first-order valence-corrected chi connectivity index (χ1v) is 7.35. The molecule has 0 fully saturated rings. The lowest BCUT2D eigenvalue weighted by Crippen LogP contribution is -1.96. The molecule has 2 N–H and O–H groups in total. The maximum atomic E-state index is 13.6. The minimum atomic E-state index is -0.895. The first-order valence-electron chi connectivity index (χ1n) is 7.35. The van der Waals surface area contributed by atoms with Crippen molar-refractivity contribution < 1.29 is 8.78 Å². The molecule has 3 rings (SSSR count). The van der Waals surface area contributed by atoms with Gasteiger partial charge in [-0.05, 0) is 23.6 Å². The summed E-state index contributed by atoms with van der Waals surface area (Å²) in [7, 11) is 0. The number of benzene rings is 2. The molecule has 0 amide bonds. The van der Waals surface area contributed by atoms with Crippen LogP contribution in [0.1, 0.15) is 11.1 Å². The Hall–Kier alpha value is -3.08. The zero-order valence-corrected chi connectivity index (χ0v) is 13.0. The number of aliphatic imine (C=N–C) groups is 1. The van der Waals surface area contributed by atoms with Crippen LogP contribution in [0.15, 0.2) is 59.6 Å². The minimum absolute atomic E-state index is 0.239. The first-order chi connectivity index (χ1) is 11.5. The summed E-state index contributed by atoms with van der Waals surface area (Å²) in [6.07, 6.45) is 1.46. The summed E-state index contributed by atoms with van der Waals surface area (Å²) in [4.78, 5) is 7.52. The van der Waals surface area contributed by atoms with E-state index in [0.29, 0.717) is 6.07 Å². The van der Waals surface area contributed by atoms with Gasteiger partial charge in [-0.25, -0.2) is 18.8 Å². The molecule has 1 heterocycles. The van der Waals surface area contributed by atoms with Crippen molar-refractivity contribution in [2.75, 3.05) is 5.73 Å². The smallest absolute Gasteiger partial charge is 0.190 e. The van der Waals surface area contributed by atoms with Gasteiger partial charge in [-0.15, -0.1) is 0 Å². The zero-order chi connectivity index (χ0) is 17.1. The number of aryl methyl sites for hydroxylation is 1. The summed E-state index contributed by atoms with van der Waals surface area (Å²) in [5.41, 5.74) is 9.49. The Morgan fingerprint density at radius 2 is 1.50 bits per heavy atom. The molecule has 120 valence electrons. The number of anilines is 1. The Morgan fingerprint density at radius 1 is 0.917 bits per heavy atom. The Kier molecular flexibility index (Phi) is 4.33. The third kappa shape index (κ3) is 3.46. The molecule has 0 radical (unpaired) electrons. The highest BCUT2D eigenvalue weighted by Gasteiger charge is 2.08. The van der Waals surface area contributed by atoms with Crippen LogP contribution in [0.5, 0.6) is 0 Å². The van der Waals surface area contributed by atoms with Gasteiger partial charge in [-0.2, -0.15) is 0 Å². The molecule has 0 aliphatic carbocycles. The van der Waals surface area contributed by atoms with Crippen molar-refractivity contribution >= 4 is 17.9 Å². The maximum Gasteiger partial charge on any atom is 0.190 e. The molecular weight excluding hydrogens is 308 g/mol. The first kappa shape index (κ1) is 15.8. The van der Waals surface area contributed by atoms with E-state index in [9.17, 15) is 8.78 Å². The van der Waals surface area contributed by atoms with Gasteiger partial charge in [0.2, 0.25) is 0 Å². The van der Waals surface area contributed by atoms with Crippen LogP contribution in [0.2, 0.25) is 0 Å². The van der Waals surface area contributed by atoms with E-state index < -0.39 is 11.6 Å². The lowest BCUT2D eigenvalue weighted by atomic mass is 10.0. The number of nitrogen functional groups attached to an aromatic ring is 1. The zero-order valence-electron chi connectivity index (χ0n) is 13.0. The van der Waals surface area contributed by atoms with E-state index in [1.807, 2.05) is 31.2 Å². The van der Waals surface area contributed by atoms with Crippen LogP contribution < -0.4 is 5.73 Å². The van der Waals surface area contributed by atoms with E-state index >= 15 is 0 Å². The van der Waals surface area contributed by atoms with Crippen LogP contribution in [-0.2, 0) is 0 Å². The van der Waals surface area contributed by atoms with Crippen LogP contribution in [-0.4, -0.2) is 11.2 Å². The van der Waals surface area contributed by atoms with Gasteiger partial charge < -0.3 is 5.73 Å². The Morgan fingerprint density at radius 3 is 2.12 bits per heavy atom. The van der Waals surface area contributed by atoms with Crippen molar-refractivity contribution in [2.45, 2.75) is 6.92 Å². The van der Waals surface area contributed by atoms with Gasteiger partial charge in [-0.1, -0.05) is 54.1 Å². The SMILES string of the molecule is Cc1ccc(-c2ccc(C=Nc3nc(N)c(F)cc3F)cc2)cc1. The van der Waals surface area contributed by atoms with Crippen LogP contribution in [0.4, 0.5) is 20.4 Å². The van der Waals surface area contributed by atoms with Crippen molar-refractivity contribution in [1.82, 2.24) is 4.98 Å². The summed E-state index contributed by atoms with van der Waals surface area (Å²) in [5, 5.41) is 0. The van der Waals surface area contributed by atoms with E-state index in [1.54, 1.807) is 0 Å². The predicted octanol–water partition coefficient (Wildman–Crippen LogP) is 4.67. The minimum Gasteiger partial charge on any atom is -0.381 e. The highest BCUT2D eigenvalue weighted by atomic mass is 19.1. The molecule has 0 unspecified atom stereocenters. The third-order valence-electron chi connectivity index (χ3n) is 3.57. The van der Waals surface area contributed by atoms with Crippen LogP contribution in [0.25, 0.3) is 11.1 Å². The summed E-state index contributed by atoms with van der Waals surface area (Å²) < 4.78 is 26.7. The van der Waals surface area contributed by atoms with Gasteiger partial charge in [0.05, 0.1) is 0 Å². The van der Waals surface area contributed by atoms with E-state index in [1.165, 1.54) is 11.8 Å². The summed E-state index contributed by atoms with van der Waals surface area (Å²) in [6.45, 7) is 2.04. The summed E-state index contributed by atoms with van der Waals surface area (Å²) in [5.74, 6) is -2.36. The molecule has 3 aromatic rings. The summed E-state index contributed by atoms with van der Waals surface area (Å²) >= 11 is 0. The molecule has 1 aromatic heterocycles. The number of pyridine rings is 1. The molecular formula is C19H15F2N3. The molecule has 0 aliphatic heterocycles. The highest BCUT2D eigenvalue weighted by molar-refractivity contribution is 5.82. The number of halogens is 2. The average Bonchev–Trinajstić information content (AvgIpc) is 2.58. The molecule has 3 nitrogen and oxygen atoms in total. The molecule has 0 bridgehead atoms. The number of hydrogen-bond donors (Lipinski definition) is 1. The number of rotatable bonds is 3. The Labute approximate surface area is 138 Å². The van der Waals surface area contributed by atoms with Gasteiger partial charge >= 0.3 is 0 Å². The van der Waals surface area contributed by atoms with Gasteiger partial charge in [-0.3, -0.25) is 0 Å². The number of aromatic nitrogens is 1. The molecule has 5 heteroatoms. The standard InChI is InChI=1S/C19H15F2N3/c1-12-2-6-14(7-3-12)15-8-4-13(5-9-15)11-23-19-17(21)10-16(20)18(22)24-19/h2-11H,1H3,(H2,22,24). The van der Waals surface area contributed by atoms with Crippen molar-refractivity contribution in [2.24, 2.45) is 4.99 Å². The van der Waals surface area contributed by atoms with Crippen molar-refractivity contribution in [3.63, 3.8) is 0 Å². The molecule has 0 spiro atoms. The molecule has 0 saturated heterocycles. The van der Waals surface area contributed by atoms with Crippen LogP contribution in [0, 0.1) is 18.6 Å². The molecule has 0 atom stereocenters. The normalized spacial score (nSPS) is 11.1. The molecule has 0 saturated carbocycles. The molecule has 24 heavy (non-hydrogen) atoms. The lowest BCUT2D eigenvalue weighted by Gasteiger charge is -2.03. The highest BCUT2D eigenvalue weighted by Crippen LogP contribution is 2.21. The largest absolute Gasteiger partial charge is 0.381 e. The van der Waals surface area contributed by atoms with E-state index in [2.05, 4.69) is 34.2 Å². The number of nitrogens with two attached hydrogens (primary N) is 1. The third-order valence-corrected chi connectivity index (χ3v) is 3.57. The topological polar surface area (TPSA) is 51.3 Å². The quantitative estimate of drug-likeness (QED) is 0.712. The lowest BCUT2D eigenvalue weighted by molar-refractivity contribution is 0.579. The van der Waals surface area contributed by atoms with Crippen LogP contribution in [0.3, 0.4) is 0 Å². The molecule has 2 aromatic carbocycles. The van der Waals surface area contributed by atoms with Crippen molar-refractivity contribution in [3.8, 4) is 11.1 Å². The maximum absolute atomic E-state index is 13.6. The van der Waals surface area contributed by atoms with Gasteiger partial charge in [0.1, 0.15) is 0 Å². The fraction of sp³-hybridized carbons (Fsp3) is 0.0526. The second kappa shape index (κ2) is 6.58. The average molecular weight is 323 g/mol. The number of nitrogens with zero attached hydrogens (tertiary/aromatic N) is 2. The van der Waals surface area contributed by atoms with Gasteiger partial charge in [0.15, 0.2) is 23.3 Å².